The van der Waals surface area contributed by atoms with E-state index in [1.165, 1.54) is 49.7 Å². The first-order valence-corrected chi connectivity index (χ1v) is 15.7. The van der Waals surface area contributed by atoms with Gasteiger partial charge in [-0.15, -0.1) is 0 Å². The summed E-state index contributed by atoms with van der Waals surface area (Å²) in [6.07, 6.45) is 5.73. The number of carbonyl (C=O) groups excluding carboxylic acids is 1. The molecular weight excluding hydrogens is 524 g/mol. The Morgan fingerprint density at radius 1 is 0.837 bits per heavy atom. The normalized spacial score (nSPS) is 18.5. The van der Waals surface area contributed by atoms with Crippen LogP contribution in [0.1, 0.15) is 87.5 Å². The Morgan fingerprint density at radius 2 is 1.51 bits per heavy atom. The van der Waals surface area contributed by atoms with Crippen LogP contribution in [-0.2, 0) is 4.79 Å². The molecule has 2 aliphatic rings. The Bertz CT molecular complexity index is 1830. The first kappa shape index (κ1) is 28.7. The van der Waals surface area contributed by atoms with Crippen molar-refractivity contribution in [3.8, 4) is 0 Å². The molecule has 3 N–H and O–H groups in total. The van der Waals surface area contributed by atoms with Crippen molar-refractivity contribution in [3.05, 3.63) is 125 Å². The Balaban J connectivity index is 0.000000211. The lowest BCUT2D eigenvalue weighted by Crippen LogP contribution is -2.31. The second kappa shape index (κ2) is 11.7. The highest BCUT2D eigenvalue weighted by Gasteiger charge is 2.33. The summed E-state index contributed by atoms with van der Waals surface area (Å²) in [7, 11) is 0. The molecule has 1 aliphatic heterocycles. The number of nitrogen functional groups attached to an aromatic ring is 1. The molecule has 0 amide bonds. The minimum atomic E-state index is -0.00277. The summed E-state index contributed by atoms with van der Waals surface area (Å²) >= 11 is 0. The number of anilines is 2. The topological polar surface area (TPSA) is 55.1 Å². The number of Topliss-reactive ketones (excluding diaryl/α,β-unsaturated/α-hetero) is 1. The van der Waals surface area contributed by atoms with E-state index in [0.717, 1.165) is 30.3 Å². The second-order valence-corrected chi connectivity index (χ2v) is 12.7. The van der Waals surface area contributed by atoms with Crippen molar-refractivity contribution in [1.29, 1.82) is 0 Å². The van der Waals surface area contributed by atoms with E-state index in [-0.39, 0.29) is 17.4 Å². The Hall–Kier alpha value is -4.37. The first-order chi connectivity index (χ1) is 20.8. The van der Waals surface area contributed by atoms with Gasteiger partial charge in [0.15, 0.2) is 0 Å². The van der Waals surface area contributed by atoms with Crippen molar-refractivity contribution < 1.29 is 4.79 Å². The summed E-state index contributed by atoms with van der Waals surface area (Å²) in [6, 6.07) is 34.1. The molecule has 43 heavy (non-hydrogen) atoms. The van der Waals surface area contributed by atoms with E-state index >= 15 is 0 Å². The number of hydrogen-bond donors (Lipinski definition) is 2. The summed E-state index contributed by atoms with van der Waals surface area (Å²) in [5, 5.41) is 8.19. The zero-order chi connectivity index (χ0) is 30.1. The molecule has 0 aromatic heterocycles. The van der Waals surface area contributed by atoms with Crippen LogP contribution in [0.15, 0.2) is 103 Å². The minimum Gasteiger partial charge on any atom is -0.398 e. The molecule has 1 heterocycles. The van der Waals surface area contributed by atoms with Crippen LogP contribution in [0.5, 0.6) is 0 Å². The third-order valence-electron chi connectivity index (χ3n) is 9.09. The van der Waals surface area contributed by atoms with Gasteiger partial charge < -0.3 is 11.1 Å². The summed E-state index contributed by atoms with van der Waals surface area (Å²) in [6.45, 7) is 8.63. The molecular formula is C40H42N2O. The molecule has 2 atom stereocenters. The van der Waals surface area contributed by atoms with Crippen LogP contribution in [0.3, 0.4) is 0 Å². The molecule has 0 spiro atoms. The fraction of sp³-hybridized carbons (Fsp3) is 0.275. The van der Waals surface area contributed by atoms with Gasteiger partial charge >= 0.3 is 0 Å². The van der Waals surface area contributed by atoms with Crippen molar-refractivity contribution in [2.45, 2.75) is 70.8 Å². The number of allylic oxidation sites excluding steroid dienone is 1. The van der Waals surface area contributed by atoms with E-state index in [0.29, 0.717) is 12.2 Å². The molecule has 218 valence electrons. The quantitative estimate of drug-likeness (QED) is 0.168. The van der Waals surface area contributed by atoms with Crippen molar-refractivity contribution in [2.24, 2.45) is 0 Å². The highest BCUT2D eigenvalue weighted by atomic mass is 16.1. The molecule has 2 unspecified atom stereocenters. The van der Waals surface area contributed by atoms with Gasteiger partial charge in [-0.2, -0.15) is 0 Å². The number of para-hydroxylation sites is 1. The standard InChI is InChI=1S/C28H27NO.C12H15N/c1-2-8-27(30)23-15-13-19(18-9-4-3-5-10-18)28-24(23)16-14-21-20-11-6-7-12-22(20)26(29)17-25(21)28;1-9-8-12(2,3)13-11-7-5-4-6-10(9)11/h3-7,9-12,14,16-17,19,23H,2,8,13,15,29H2,1H3;4-8,13H,1-3H3. The highest BCUT2D eigenvalue weighted by Crippen LogP contribution is 2.47. The van der Waals surface area contributed by atoms with Crippen molar-refractivity contribution in [3.63, 3.8) is 0 Å². The zero-order valence-electron chi connectivity index (χ0n) is 25.8. The van der Waals surface area contributed by atoms with Gasteiger partial charge in [0.1, 0.15) is 5.78 Å². The summed E-state index contributed by atoms with van der Waals surface area (Å²) in [4.78, 5) is 13.0. The van der Waals surface area contributed by atoms with Crippen molar-refractivity contribution in [1.82, 2.24) is 0 Å². The molecule has 3 heteroatoms. The number of ketones is 1. The highest BCUT2D eigenvalue weighted by molar-refractivity contribution is 6.14. The number of carbonyl (C=O) groups is 1. The van der Waals surface area contributed by atoms with E-state index in [9.17, 15) is 4.79 Å². The molecule has 0 bridgehead atoms. The number of nitrogens with one attached hydrogen (secondary N) is 1. The predicted octanol–water partition coefficient (Wildman–Crippen LogP) is 10.2. The number of fused-ring (bicyclic) bond motifs is 6. The number of benzene rings is 5. The maximum Gasteiger partial charge on any atom is 0.140 e. The minimum absolute atomic E-state index is 0.00277. The van der Waals surface area contributed by atoms with E-state index in [2.05, 4.69) is 130 Å². The first-order valence-electron chi connectivity index (χ1n) is 15.7. The molecule has 0 saturated heterocycles. The molecule has 3 nitrogen and oxygen atoms in total. The van der Waals surface area contributed by atoms with Crippen molar-refractivity contribution >= 4 is 44.3 Å². The molecule has 0 saturated carbocycles. The van der Waals surface area contributed by atoms with Gasteiger partial charge in [-0.3, -0.25) is 4.79 Å². The number of rotatable bonds is 4. The van der Waals surface area contributed by atoms with Crippen LogP contribution >= 0.6 is 0 Å². The van der Waals surface area contributed by atoms with Crippen LogP contribution in [0.25, 0.3) is 27.1 Å². The van der Waals surface area contributed by atoms with Gasteiger partial charge in [-0.25, -0.2) is 0 Å². The molecule has 5 aromatic rings. The molecule has 5 aromatic carbocycles. The van der Waals surface area contributed by atoms with Gasteiger partial charge in [0.05, 0.1) is 5.54 Å². The lowest BCUT2D eigenvalue weighted by molar-refractivity contribution is -0.120. The maximum atomic E-state index is 13.0. The lowest BCUT2D eigenvalue weighted by atomic mass is 9.70. The van der Waals surface area contributed by atoms with Crippen LogP contribution < -0.4 is 11.1 Å². The Kier molecular flexibility index (Phi) is 7.83. The van der Waals surface area contributed by atoms with Crippen LogP contribution in [-0.4, -0.2) is 11.3 Å². The largest absolute Gasteiger partial charge is 0.398 e. The monoisotopic (exact) mass is 566 g/mol. The van der Waals surface area contributed by atoms with Crippen LogP contribution in [0.2, 0.25) is 0 Å². The van der Waals surface area contributed by atoms with E-state index in [1.807, 2.05) is 6.07 Å². The van der Waals surface area contributed by atoms with Gasteiger partial charge in [-0.05, 0) is 90.6 Å². The Labute approximate surface area is 255 Å². The molecule has 7 rings (SSSR count). The summed E-state index contributed by atoms with van der Waals surface area (Å²) < 4.78 is 0. The average Bonchev–Trinajstić information content (AvgIpc) is 3.01. The van der Waals surface area contributed by atoms with Crippen LogP contribution in [0, 0.1) is 0 Å². The predicted molar refractivity (Wildman–Crippen MR) is 184 cm³/mol. The third-order valence-corrected chi connectivity index (χ3v) is 9.09. The van der Waals surface area contributed by atoms with Crippen LogP contribution in [0.4, 0.5) is 11.4 Å². The average molecular weight is 567 g/mol. The molecule has 0 fully saturated rings. The summed E-state index contributed by atoms with van der Waals surface area (Å²) in [5.74, 6) is 0.659. The van der Waals surface area contributed by atoms with Gasteiger partial charge in [0.25, 0.3) is 0 Å². The molecule has 0 radical (unpaired) electrons. The van der Waals surface area contributed by atoms with E-state index < -0.39 is 0 Å². The fourth-order valence-corrected chi connectivity index (χ4v) is 7.28. The zero-order valence-corrected chi connectivity index (χ0v) is 25.8. The maximum absolute atomic E-state index is 13.0. The fourth-order valence-electron chi connectivity index (χ4n) is 7.28. The third kappa shape index (κ3) is 5.57. The second-order valence-electron chi connectivity index (χ2n) is 12.7. The number of hydrogen-bond acceptors (Lipinski definition) is 3. The van der Waals surface area contributed by atoms with Gasteiger partial charge in [0.2, 0.25) is 0 Å². The Morgan fingerprint density at radius 3 is 2.28 bits per heavy atom. The van der Waals surface area contributed by atoms with E-state index in [4.69, 9.17) is 5.73 Å². The lowest BCUT2D eigenvalue weighted by Gasteiger charge is -2.33. The number of nitrogens with two attached hydrogens (primary N) is 1. The molecule has 1 aliphatic carbocycles. The van der Waals surface area contributed by atoms with Crippen molar-refractivity contribution in [2.75, 3.05) is 11.1 Å². The smallest absolute Gasteiger partial charge is 0.140 e. The van der Waals surface area contributed by atoms with Gasteiger partial charge in [-0.1, -0.05) is 97.9 Å². The summed E-state index contributed by atoms with van der Waals surface area (Å²) in [5.41, 5.74) is 15.2. The van der Waals surface area contributed by atoms with Gasteiger partial charge in [0, 0.05) is 40.6 Å². The van der Waals surface area contributed by atoms with E-state index in [1.54, 1.807) is 0 Å². The SMILES string of the molecule is CC1=CC(C)(C)Nc2ccccc21.CCCC(=O)C1CCC(c2ccccc2)c2c1ccc1c2cc(N)c2ccccc21.